The molecule has 1 saturated heterocycles. The monoisotopic (exact) mass is 290 g/mol. The Labute approximate surface area is 125 Å². The second-order valence-electron chi connectivity index (χ2n) is 5.78. The maximum atomic E-state index is 12.0. The number of hydrogen-bond donors (Lipinski definition) is 2. The predicted octanol–water partition coefficient (Wildman–Crippen LogP) is 1.41. The average Bonchev–Trinajstić information content (AvgIpc) is 2.79. The van der Waals surface area contributed by atoms with Crippen LogP contribution in [0.2, 0.25) is 0 Å². The normalized spacial score (nSPS) is 22.2. The number of nitrogens with one attached hydrogen (secondary N) is 1. The molecule has 2 unspecified atom stereocenters. The molecule has 0 aliphatic carbocycles. The van der Waals surface area contributed by atoms with E-state index in [1.54, 1.807) is 4.90 Å². The van der Waals surface area contributed by atoms with E-state index < -0.39 is 12.0 Å². The van der Waals surface area contributed by atoms with Crippen LogP contribution in [0.3, 0.4) is 0 Å². The molecule has 1 aromatic carbocycles. The van der Waals surface area contributed by atoms with Crippen molar-refractivity contribution in [3.8, 4) is 0 Å². The molecule has 1 aromatic rings. The Hall–Kier alpha value is -1.88. The van der Waals surface area contributed by atoms with Crippen LogP contribution in [-0.2, 0) is 16.1 Å². The molecule has 5 heteroatoms. The quantitative estimate of drug-likeness (QED) is 0.860. The number of benzene rings is 1. The molecule has 1 amide bonds. The number of carboxylic acids is 1. The number of aliphatic carboxylic acids is 1. The summed E-state index contributed by atoms with van der Waals surface area (Å²) >= 11 is 0. The summed E-state index contributed by atoms with van der Waals surface area (Å²) in [4.78, 5) is 25.0. The van der Waals surface area contributed by atoms with Crippen molar-refractivity contribution in [1.29, 1.82) is 0 Å². The molecule has 2 rings (SSSR count). The summed E-state index contributed by atoms with van der Waals surface area (Å²) in [6, 6.07) is 7.42. The summed E-state index contributed by atoms with van der Waals surface area (Å²) in [7, 11) is 0. The van der Waals surface area contributed by atoms with Crippen molar-refractivity contribution in [1.82, 2.24) is 10.2 Å². The highest BCUT2D eigenvalue weighted by atomic mass is 16.4. The first-order chi connectivity index (χ1) is 9.97. The molecule has 1 aliphatic rings. The smallest absolute Gasteiger partial charge is 0.321 e. The summed E-state index contributed by atoms with van der Waals surface area (Å²) in [5.41, 5.74) is 2.22. The van der Waals surface area contributed by atoms with E-state index in [1.165, 1.54) is 5.56 Å². The highest BCUT2D eigenvalue weighted by molar-refractivity contribution is 5.80. The van der Waals surface area contributed by atoms with Gasteiger partial charge in [0.2, 0.25) is 5.91 Å². The van der Waals surface area contributed by atoms with Crippen LogP contribution in [0.1, 0.15) is 24.5 Å². The van der Waals surface area contributed by atoms with Crippen molar-refractivity contribution in [2.24, 2.45) is 5.92 Å². The molecule has 114 valence electrons. The van der Waals surface area contributed by atoms with E-state index >= 15 is 0 Å². The number of carbonyl (C=O) groups excluding carboxylic acids is 1. The van der Waals surface area contributed by atoms with E-state index in [0.29, 0.717) is 13.1 Å². The van der Waals surface area contributed by atoms with Crippen LogP contribution in [0.4, 0.5) is 0 Å². The number of rotatable bonds is 5. The second-order valence-corrected chi connectivity index (χ2v) is 5.78. The van der Waals surface area contributed by atoms with Gasteiger partial charge in [0.25, 0.3) is 0 Å². The lowest BCUT2D eigenvalue weighted by Gasteiger charge is -2.22. The standard InChI is InChI=1S/C16H22N2O3/c1-11-3-5-13(6-4-11)9-17-14(19)10-18-8-7-12(2)15(18)16(20)21/h3-6,12,15H,7-10H2,1-2H3,(H,17,19)(H,20,21). The topological polar surface area (TPSA) is 69.6 Å². The lowest BCUT2D eigenvalue weighted by Crippen LogP contribution is -2.44. The van der Waals surface area contributed by atoms with Gasteiger partial charge in [0.15, 0.2) is 0 Å². The fraction of sp³-hybridized carbons (Fsp3) is 0.500. The van der Waals surface area contributed by atoms with E-state index in [0.717, 1.165) is 12.0 Å². The average molecular weight is 290 g/mol. The lowest BCUT2D eigenvalue weighted by atomic mass is 10.0. The van der Waals surface area contributed by atoms with E-state index in [-0.39, 0.29) is 18.4 Å². The molecular formula is C16H22N2O3. The Morgan fingerprint density at radius 2 is 2.00 bits per heavy atom. The van der Waals surface area contributed by atoms with Crippen LogP contribution >= 0.6 is 0 Å². The lowest BCUT2D eigenvalue weighted by molar-refractivity contribution is -0.143. The van der Waals surface area contributed by atoms with Crippen molar-refractivity contribution in [3.05, 3.63) is 35.4 Å². The molecule has 0 aromatic heterocycles. The molecule has 1 aliphatic heterocycles. The van der Waals surface area contributed by atoms with Gasteiger partial charge in [0, 0.05) is 6.54 Å². The van der Waals surface area contributed by atoms with Crippen LogP contribution in [0.5, 0.6) is 0 Å². The molecular weight excluding hydrogens is 268 g/mol. The van der Waals surface area contributed by atoms with Gasteiger partial charge in [-0.05, 0) is 31.4 Å². The number of amides is 1. The van der Waals surface area contributed by atoms with Gasteiger partial charge >= 0.3 is 5.97 Å². The third-order valence-electron chi connectivity index (χ3n) is 4.01. The number of likely N-dealkylation sites (tertiary alicyclic amines) is 1. The van der Waals surface area contributed by atoms with Crippen LogP contribution < -0.4 is 5.32 Å². The number of carbonyl (C=O) groups is 2. The Morgan fingerprint density at radius 1 is 1.33 bits per heavy atom. The van der Waals surface area contributed by atoms with Crippen LogP contribution in [0.15, 0.2) is 24.3 Å². The van der Waals surface area contributed by atoms with Crippen molar-refractivity contribution in [2.45, 2.75) is 32.9 Å². The van der Waals surface area contributed by atoms with E-state index in [4.69, 9.17) is 0 Å². The Kier molecular flexibility index (Phi) is 4.96. The van der Waals surface area contributed by atoms with Gasteiger partial charge in [0.05, 0.1) is 6.54 Å². The minimum atomic E-state index is -0.841. The fourth-order valence-corrected chi connectivity index (χ4v) is 2.75. The summed E-state index contributed by atoms with van der Waals surface area (Å²) < 4.78 is 0. The van der Waals surface area contributed by atoms with Gasteiger partial charge in [-0.2, -0.15) is 0 Å². The second kappa shape index (κ2) is 6.72. The minimum Gasteiger partial charge on any atom is -0.480 e. The van der Waals surface area contributed by atoms with Gasteiger partial charge < -0.3 is 10.4 Å². The Bertz CT molecular complexity index is 513. The zero-order chi connectivity index (χ0) is 15.4. The molecule has 0 radical (unpaired) electrons. The first-order valence-corrected chi connectivity index (χ1v) is 7.26. The third kappa shape index (κ3) is 4.04. The van der Waals surface area contributed by atoms with Crippen molar-refractivity contribution in [2.75, 3.05) is 13.1 Å². The highest BCUT2D eigenvalue weighted by Gasteiger charge is 2.37. The fourth-order valence-electron chi connectivity index (χ4n) is 2.75. The van der Waals surface area contributed by atoms with E-state index in [2.05, 4.69) is 5.32 Å². The zero-order valence-electron chi connectivity index (χ0n) is 12.5. The van der Waals surface area contributed by atoms with Gasteiger partial charge in [0.1, 0.15) is 6.04 Å². The molecule has 1 heterocycles. The van der Waals surface area contributed by atoms with Gasteiger partial charge in [-0.25, -0.2) is 0 Å². The van der Waals surface area contributed by atoms with Gasteiger partial charge in [-0.1, -0.05) is 36.8 Å². The molecule has 0 bridgehead atoms. The Morgan fingerprint density at radius 3 is 2.62 bits per heavy atom. The summed E-state index contributed by atoms with van der Waals surface area (Å²) in [6.07, 6.45) is 0.822. The number of hydrogen-bond acceptors (Lipinski definition) is 3. The predicted molar refractivity (Wildman–Crippen MR) is 79.8 cm³/mol. The SMILES string of the molecule is Cc1ccc(CNC(=O)CN2CCC(C)C2C(=O)O)cc1. The first kappa shape index (κ1) is 15.5. The third-order valence-corrected chi connectivity index (χ3v) is 4.01. The summed E-state index contributed by atoms with van der Waals surface area (Å²) in [6.45, 7) is 5.22. The first-order valence-electron chi connectivity index (χ1n) is 7.26. The van der Waals surface area contributed by atoms with Crippen LogP contribution in [0.25, 0.3) is 0 Å². The molecule has 0 spiro atoms. The molecule has 2 N–H and O–H groups in total. The van der Waals surface area contributed by atoms with Gasteiger partial charge in [-0.15, -0.1) is 0 Å². The molecule has 2 atom stereocenters. The molecule has 21 heavy (non-hydrogen) atoms. The number of nitrogens with zero attached hydrogens (tertiary/aromatic N) is 1. The Balaban J connectivity index is 1.84. The van der Waals surface area contributed by atoms with Crippen molar-refractivity contribution < 1.29 is 14.7 Å². The van der Waals surface area contributed by atoms with E-state index in [9.17, 15) is 14.7 Å². The molecule has 5 nitrogen and oxygen atoms in total. The maximum Gasteiger partial charge on any atom is 0.321 e. The van der Waals surface area contributed by atoms with Crippen LogP contribution in [0, 0.1) is 12.8 Å². The number of carboxylic acid groups (broad SMARTS) is 1. The minimum absolute atomic E-state index is 0.0902. The van der Waals surface area contributed by atoms with Crippen molar-refractivity contribution >= 4 is 11.9 Å². The highest BCUT2D eigenvalue weighted by Crippen LogP contribution is 2.23. The van der Waals surface area contributed by atoms with Gasteiger partial charge in [-0.3, -0.25) is 14.5 Å². The summed E-state index contributed by atoms with van der Waals surface area (Å²) in [5.74, 6) is -0.880. The summed E-state index contributed by atoms with van der Waals surface area (Å²) in [5, 5.41) is 12.1. The maximum absolute atomic E-state index is 12.0. The number of aryl methyl sites for hydroxylation is 1. The largest absolute Gasteiger partial charge is 0.480 e. The van der Waals surface area contributed by atoms with Crippen LogP contribution in [-0.4, -0.2) is 41.0 Å². The molecule has 0 saturated carbocycles. The van der Waals surface area contributed by atoms with Crippen molar-refractivity contribution in [3.63, 3.8) is 0 Å². The zero-order valence-corrected chi connectivity index (χ0v) is 12.5. The molecule has 1 fully saturated rings. The van der Waals surface area contributed by atoms with E-state index in [1.807, 2.05) is 38.1 Å².